The van der Waals surface area contributed by atoms with E-state index < -0.39 is 18.0 Å². The summed E-state index contributed by atoms with van der Waals surface area (Å²) in [6.45, 7) is 5.58. The van der Waals surface area contributed by atoms with Gasteiger partial charge in [0.2, 0.25) is 0 Å². The van der Waals surface area contributed by atoms with Crippen molar-refractivity contribution in [1.82, 2.24) is 10.2 Å². The molecule has 0 fully saturated rings. The van der Waals surface area contributed by atoms with Gasteiger partial charge in [-0.15, -0.1) is 6.58 Å². The van der Waals surface area contributed by atoms with E-state index in [4.69, 9.17) is 10.2 Å². The molecule has 0 aromatic carbocycles. The van der Waals surface area contributed by atoms with Crippen molar-refractivity contribution in [2.75, 3.05) is 19.7 Å². The molecule has 0 saturated carbocycles. The minimum Gasteiger partial charge on any atom is -0.480 e. The quantitative estimate of drug-likeness (QED) is 0.540. The Kier molecular flexibility index (Phi) is 7.79. The van der Waals surface area contributed by atoms with Crippen molar-refractivity contribution in [3.63, 3.8) is 0 Å². The van der Waals surface area contributed by atoms with Crippen LogP contribution in [0.15, 0.2) is 12.7 Å². The largest absolute Gasteiger partial charge is 0.480 e. The second-order valence-electron chi connectivity index (χ2n) is 3.59. The Labute approximate surface area is 101 Å². The van der Waals surface area contributed by atoms with Gasteiger partial charge in [0, 0.05) is 13.1 Å². The third kappa shape index (κ3) is 5.91. The Bertz CT molecular complexity index is 268. The van der Waals surface area contributed by atoms with Gasteiger partial charge in [0.1, 0.15) is 6.04 Å². The van der Waals surface area contributed by atoms with Crippen LogP contribution in [-0.4, -0.2) is 52.9 Å². The van der Waals surface area contributed by atoms with Gasteiger partial charge >= 0.3 is 12.0 Å². The molecule has 1 atom stereocenters. The molecule has 2 amide bonds. The first kappa shape index (κ1) is 15.4. The lowest BCUT2D eigenvalue weighted by molar-refractivity contribution is -0.139. The van der Waals surface area contributed by atoms with Crippen LogP contribution in [0.5, 0.6) is 0 Å². The van der Waals surface area contributed by atoms with Crippen molar-refractivity contribution in [3.05, 3.63) is 12.7 Å². The van der Waals surface area contributed by atoms with E-state index in [1.54, 1.807) is 0 Å². The monoisotopic (exact) mass is 244 g/mol. The molecule has 17 heavy (non-hydrogen) atoms. The van der Waals surface area contributed by atoms with Crippen LogP contribution in [0.3, 0.4) is 0 Å². The van der Waals surface area contributed by atoms with Crippen LogP contribution in [0.2, 0.25) is 0 Å². The number of hydrogen-bond donors (Lipinski definition) is 3. The van der Waals surface area contributed by atoms with Gasteiger partial charge in [-0.1, -0.05) is 19.4 Å². The molecule has 0 aromatic rings. The maximum atomic E-state index is 11.7. The summed E-state index contributed by atoms with van der Waals surface area (Å²) in [6, 6.07) is -1.39. The minimum absolute atomic E-state index is 0.149. The lowest BCUT2D eigenvalue weighted by atomic mass is 10.2. The highest BCUT2D eigenvalue weighted by Gasteiger charge is 2.21. The van der Waals surface area contributed by atoms with Gasteiger partial charge < -0.3 is 20.4 Å². The summed E-state index contributed by atoms with van der Waals surface area (Å²) in [7, 11) is 0. The first-order valence-corrected chi connectivity index (χ1v) is 5.56. The van der Waals surface area contributed by atoms with Crippen LogP contribution < -0.4 is 5.32 Å². The number of carboxylic acid groups (broad SMARTS) is 1. The molecule has 0 spiro atoms. The second-order valence-corrected chi connectivity index (χ2v) is 3.59. The smallest absolute Gasteiger partial charge is 0.326 e. The fraction of sp³-hybridized carbons (Fsp3) is 0.636. The van der Waals surface area contributed by atoms with E-state index in [9.17, 15) is 9.59 Å². The van der Waals surface area contributed by atoms with Gasteiger partial charge in [0.25, 0.3) is 0 Å². The number of urea groups is 1. The number of aliphatic hydroxyl groups excluding tert-OH is 1. The van der Waals surface area contributed by atoms with Crippen molar-refractivity contribution in [1.29, 1.82) is 0 Å². The molecule has 0 aliphatic rings. The number of nitrogens with one attached hydrogen (secondary N) is 1. The van der Waals surface area contributed by atoms with E-state index in [0.717, 1.165) is 0 Å². The highest BCUT2D eigenvalue weighted by molar-refractivity contribution is 5.82. The van der Waals surface area contributed by atoms with Crippen molar-refractivity contribution >= 4 is 12.0 Å². The second kappa shape index (κ2) is 8.58. The van der Waals surface area contributed by atoms with Crippen molar-refractivity contribution in [2.24, 2.45) is 0 Å². The highest BCUT2D eigenvalue weighted by Crippen LogP contribution is 1.99. The van der Waals surface area contributed by atoms with Crippen LogP contribution in [0.25, 0.3) is 0 Å². The predicted molar refractivity (Wildman–Crippen MR) is 63.7 cm³/mol. The standard InChI is InChI=1S/C11H20N2O4/c1-3-5-9(10(15)16)12-11(17)13(6-4-2)7-8-14/h4,9,14H,2-3,5-8H2,1H3,(H,12,17)(H,15,16)/t9-/m0/s1. The number of hydrogen-bond acceptors (Lipinski definition) is 3. The molecule has 0 aliphatic carbocycles. The zero-order valence-corrected chi connectivity index (χ0v) is 10.1. The molecule has 6 heteroatoms. The summed E-state index contributed by atoms with van der Waals surface area (Å²) in [6.07, 6.45) is 2.56. The third-order valence-electron chi connectivity index (χ3n) is 2.18. The van der Waals surface area contributed by atoms with Gasteiger partial charge in [0.15, 0.2) is 0 Å². The Morgan fingerprint density at radius 3 is 2.59 bits per heavy atom. The molecular formula is C11H20N2O4. The highest BCUT2D eigenvalue weighted by atomic mass is 16.4. The Morgan fingerprint density at radius 2 is 2.18 bits per heavy atom. The van der Waals surface area contributed by atoms with Crippen molar-refractivity contribution < 1.29 is 19.8 Å². The van der Waals surface area contributed by atoms with E-state index in [1.165, 1.54) is 11.0 Å². The van der Waals surface area contributed by atoms with Crippen LogP contribution in [0.4, 0.5) is 4.79 Å². The summed E-state index contributed by atoms with van der Waals surface area (Å²) in [5, 5.41) is 20.1. The van der Waals surface area contributed by atoms with E-state index in [0.29, 0.717) is 12.8 Å². The number of carbonyl (C=O) groups excluding carboxylic acids is 1. The van der Waals surface area contributed by atoms with Gasteiger partial charge in [0.05, 0.1) is 6.61 Å². The maximum absolute atomic E-state index is 11.7. The molecule has 0 heterocycles. The number of nitrogens with zero attached hydrogens (tertiary/aromatic N) is 1. The number of carbonyl (C=O) groups is 2. The predicted octanol–water partition coefficient (Wildman–Crippen LogP) is 0.430. The fourth-order valence-electron chi connectivity index (χ4n) is 1.34. The van der Waals surface area contributed by atoms with E-state index in [2.05, 4.69) is 11.9 Å². The van der Waals surface area contributed by atoms with Crippen LogP contribution in [0.1, 0.15) is 19.8 Å². The molecule has 0 saturated heterocycles. The van der Waals surface area contributed by atoms with Gasteiger partial charge in [-0.05, 0) is 6.42 Å². The zero-order chi connectivity index (χ0) is 13.3. The average Bonchev–Trinajstić information content (AvgIpc) is 2.28. The number of carboxylic acids is 1. The summed E-state index contributed by atoms with van der Waals surface area (Å²) in [5.74, 6) is -1.05. The van der Waals surface area contributed by atoms with Crippen LogP contribution in [-0.2, 0) is 4.79 Å². The molecule has 0 bridgehead atoms. The lowest BCUT2D eigenvalue weighted by Crippen LogP contribution is -2.48. The molecule has 0 aromatic heterocycles. The number of aliphatic carboxylic acids is 1. The number of aliphatic hydroxyl groups is 1. The Morgan fingerprint density at radius 1 is 1.53 bits per heavy atom. The summed E-state index contributed by atoms with van der Waals surface area (Å²) in [4.78, 5) is 23.9. The molecule has 3 N–H and O–H groups in total. The van der Waals surface area contributed by atoms with Gasteiger partial charge in [-0.25, -0.2) is 9.59 Å². The summed E-state index contributed by atoms with van der Waals surface area (Å²) in [5.41, 5.74) is 0. The topological polar surface area (TPSA) is 89.9 Å². The minimum atomic E-state index is -1.05. The molecular weight excluding hydrogens is 224 g/mol. The first-order chi connectivity index (χ1) is 8.06. The SMILES string of the molecule is C=CCN(CCO)C(=O)N[C@@H](CCC)C(=O)O. The summed E-state index contributed by atoms with van der Waals surface area (Å²) >= 11 is 0. The number of rotatable bonds is 8. The van der Waals surface area contributed by atoms with E-state index in [-0.39, 0.29) is 19.7 Å². The maximum Gasteiger partial charge on any atom is 0.326 e. The number of amides is 2. The Hall–Kier alpha value is -1.56. The van der Waals surface area contributed by atoms with E-state index in [1.807, 2.05) is 6.92 Å². The molecule has 6 nitrogen and oxygen atoms in total. The van der Waals surface area contributed by atoms with Crippen molar-refractivity contribution in [3.8, 4) is 0 Å². The van der Waals surface area contributed by atoms with E-state index >= 15 is 0 Å². The molecule has 0 unspecified atom stereocenters. The van der Waals surface area contributed by atoms with Gasteiger partial charge in [-0.3, -0.25) is 0 Å². The third-order valence-corrected chi connectivity index (χ3v) is 2.18. The van der Waals surface area contributed by atoms with Crippen LogP contribution in [0, 0.1) is 0 Å². The van der Waals surface area contributed by atoms with Crippen LogP contribution >= 0.6 is 0 Å². The summed E-state index contributed by atoms with van der Waals surface area (Å²) < 4.78 is 0. The first-order valence-electron chi connectivity index (χ1n) is 5.56. The molecule has 0 rings (SSSR count). The van der Waals surface area contributed by atoms with Crippen molar-refractivity contribution in [2.45, 2.75) is 25.8 Å². The molecule has 0 radical (unpaired) electrons. The van der Waals surface area contributed by atoms with Gasteiger partial charge in [-0.2, -0.15) is 0 Å². The zero-order valence-electron chi connectivity index (χ0n) is 10.1. The average molecular weight is 244 g/mol. The lowest BCUT2D eigenvalue weighted by Gasteiger charge is -2.23. The fourth-order valence-corrected chi connectivity index (χ4v) is 1.34. The molecule has 0 aliphatic heterocycles. The Balaban J connectivity index is 4.43. The normalized spacial score (nSPS) is 11.6. The molecule has 98 valence electrons.